The van der Waals surface area contributed by atoms with Crippen LogP contribution in [0.25, 0.3) is 0 Å². The first-order valence-electron chi connectivity index (χ1n) is 9.33. The Labute approximate surface area is 172 Å². The highest BCUT2D eigenvalue weighted by Gasteiger charge is 2.20. The average Bonchev–Trinajstić information content (AvgIpc) is 3.24. The van der Waals surface area contributed by atoms with E-state index in [0.717, 1.165) is 11.3 Å². The van der Waals surface area contributed by atoms with Crippen LogP contribution in [0.5, 0.6) is 11.5 Å². The highest BCUT2D eigenvalue weighted by atomic mass is 16.7. The van der Waals surface area contributed by atoms with Gasteiger partial charge in [-0.3, -0.25) is 14.9 Å². The predicted molar refractivity (Wildman–Crippen MR) is 112 cm³/mol. The zero-order valence-corrected chi connectivity index (χ0v) is 16.0. The summed E-state index contributed by atoms with van der Waals surface area (Å²) in [5.41, 5.74) is 1.82. The third-order valence-electron chi connectivity index (χ3n) is 4.68. The molecule has 152 valence electrons. The first-order chi connectivity index (χ1) is 14.6. The van der Waals surface area contributed by atoms with Crippen molar-refractivity contribution < 1.29 is 19.2 Å². The van der Waals surface area contributed by atoms with Gasteiger partial charge in [0.25, 0.3) is 5.69 Å². The molecular weight excluding hydrogens is 386 g/mol. The van der Waals surface area contributed by atoms with Gasteiger partial charge < -0.3 is 19.7 Å². The van der Waals surface area contributed by atoms with Gasteiger partial charge in [-0.1, -0.05) is 36.4 Å². The van der Waals surface area contributed by atoms with Crippen molar-refractivity contribution in [3.05, 3.63) is 88.5 Å². The van der Waals surface area contributed by atoms with Crippen LogP contribution in [0.1, 0.15) is 5.56 Å². The third kappa shape index (κ3) is 4.17. The van der Waals surface area contributed by atoms with Crippen LogP contribution in [0.15, 0.2) is 72.8 Å². The summed E-state index contributed by atoms with van der Waals surface area (Å²) in [5.74, 6) is 1.09. The van der Waals surface area contributed by atoms with E-state index in [4.69, 9.17) is 9.47 Å². The Morgan fingerprint density at radius 1 is 1.00 bits per heavy atom. The molecule has 1 N–H and O–H groups in total. The zero-order valence-electron chi connectivity index (χ0n) is 16.0. The fraction of sp³-hybridized carbons (Fsp3) is 0.136. The molecule has 0 aromatic heterocycles. The first-order valence-corrected chi connectivity index (χ1v) is 9.33. The molecule has 1 aliphatic rings. The summed E-state index contributed by atoms with van der Waals surface area (Å²) in [5, 5.41) is 14.1. The molecule has 0 saturated heterocycles. The fourth-order valence-corrected chi connectivity index (χ4v) is 3.20. The number of carbonyl (C=O) groups excluding carboxylic acids is 1. The summed E-state index contributed by atoms with van der Waals surface area (Å²) >= 11 is 0. The lowest BCUT2D eigenvalue weighted by atomic mass is 10.1. The van der Waals surface area contributed by atoms with Crippen molar-refractivity contribution in [1.29, 1.82) is 0 Å². The van der Waals surface area contributed by atoms with Crippen molar-refractivity contribution in [2.75, 3.05) is 23.6 Å². The van der Waals surface area contributed by atoms with Crippen LogP contribution in [0.3, 0.4) is 0 Å². The summed E-state index contributed by atoms with van der Waals surface area (Å²) in [7, 11) is 0. The number of nitrogens with one attached hydrogen (secondary N) is 1. The van der Waals surface area contributed by atoms with E-state index >= 15 is 0 Å². The molecule has 1 aliphatic heterocycles. The molecule has 8 heteroatoms. The Balaban J connectivity index is 1.54. The molecule has 0 saturated carbocycles. The number of benzene rings is 3. The van der Waals surface area contributed by atoms with Crippen LogP contribution in [0, 0.1) is 10.1 Å². The maximum Gasteiger partial charge on any atom is 0.292 e. The van der Waals surface area contributed by atoms with Crippen molar-refractivity contribution in [1.82, 2.24) is 0 Å². The smallest absolute Gasteiger partial charge is 0.292 e. The number of nitro groups is 1. The molecule has 0 radical (unpaired) electrons. The number of ether oxygens (including phenoxy) is 2. The van der Waals surface area contributed by atoms with Crippen molar-refractivity contribution >= 4 is 23.0 Å². The molecule has 0 spiro atoms. The third-order valence-corrected chi connectivity index (χ3v) is 4.68. The molecule has 0 fully saturated rings. The standard InChI is InChI=1S/C22H19N3O5/c26-22(13-23-18-8-4-5-9-19(18)25(27)28)24(17-6-2-1-3-7-17)14-16-10-11-20-21(12-16)30-15-29-20/h1-12,23H,13-15H2. The molecule has 4 rings (SSSR count). The molecule has 30 heavy (non-hydrogen) atoms. The molecule has 0 unspecified atom stereocenters. The Morgan fingerprint density at radius 2 is 1.73 bits per heavy atom. The van der Waals surface area contributed by atoms with Gasteiger partial charge in [0.2, 0.25) is 12.7 Å². The van der Waals surface area contributed by atoms with Gasteiger partial charge >= 0.3 is 0 Å². The van der Waals surface area contributed by atoms with E-state index in [0.29, 0.717) is 23.7 Å². The van der Waals surface area contributed by atoms with Gasteiger partial charge in [0.1, 0.15) is 5.69 Å². The topological polar surface area (TPSA) is 93.9 Å². The van der Waals surface area contributed by atoms with E-state index in [1.54, 1.807) is 23.1 Å². The maximum atomic E-state index is 13.1. The number of rotatable bonds is 7. The van der Waals surface area contributed by atoms with Gasteiger partial charge in [0, 0.05) is 11.8 Å². The molecular formula is C22H19N3O5. The second-order valence-electron chi connectivity index (χ2n) is 6.63. The quantitative estimate of drug-likeness (QED) is 0.472. The lowest BCUT2D eigenvalue weighted by molar-refractivity contribution is -0.383. The van der Waals surface area contributed by atoms with E-state index in [1.165, 1.54) is 6.07 Å². The number of fused-ring (bicyclic) bond motifs is 1. The van der Waals surface area contributed by atoms with Crippen LogP contribution in [0.2, 0.25) is 0 Å². The van der Waals surface area contributed by atoms with Crippen LogP contribution in [-0.4, -0.2) is 24.2 Å². The molecule has 1 heterocycles. The lowest BCUT2D eigenvalue weighted by Gasteiger charge is -2.23. The zero-order chi connectivity index (χ0) is 20.9. The number of anilines is 2. The van der Waals surface area contributed by atoms with E-state index in [1.807, 2.05) is 48.5 Å². The van der Waals surface area contributed by atoms with E-state index in [-0.39, 0.29) is 24.9 Å². The largest absolute Gasteiger partial charge is 0.454 e. The fourth-order valence-electron chi connectivity index (χ4n) is 3.20. The van der Waals surface area contributed by atoms with Gasteiger partial charge in [0.05, 0.1) is 18.0 Å². The minimum Gasteiger partial charge on any atom is -0.454 e. The van der Waals surface area contributed by atoms with Gasteiger partial charge in [-0.25, -0.2) is 0 Å². The Hall–Kier alpha value is -4.07. The Morgan fingerprint density at radius 3 is 2.53 bits per heavy atom. The number of hydrogen-bond acceptors (Lipinski definition) is 6. The summed E-state index contributed by atoms with van der Waals surface area (Å²) in [6.07, 6.45) is 0. The van der Waals surface area contributed by atoms with Crippen molar-refractivity contribution in [2.24, 2.45) is 0 Å². The maximum absolute atomic E-state index is 13.1. The van der Waals surface area contributed by atoms with Crippen molar-refractivity contribution in [3.63, 3.8) is 0 Å². The van der Waals surface area contributed by atoms with E-state index < -0.39 is 4.92 Å². The molecule has 0 atom stereocenters. The number of nitro benzene ring substituents is 1. The van der Waals surface area contributed by atoms with Crippen LogP contribution in [0.4, 0.5) is 17.1 Å². The van der Waals surface area contributed by atoms with Crippen molar-refractivity contribution in [2.45, 2.75) is 6.54 Å². The summed E-state index contributed by atoms with van der Waals surface area (Å²) in [4.78, 5) is 25.4. The van der Waals surface area contributed by atoms with Gasteiger partial charge in [-0.15, -0.1) is 0 Å². The highest BCUT2D eigenvalue weighted by Crippen LogP contribution is 2.33. The Bertz CT molecular complexity index is 1070. The number of amides is 1. The van der Waals surface area contributed by atoms with Gasteiger partial charge in [0.15, 0.2) is 11.5 Å². The molecule has 0 aliphatic carbocycles. The first kappa shape index (κ1) is 19.3. The number of hydrogen-bond donors (Lipinski definition) is 1. The van der Waals surface area contributed by atoms with Crippen LogP contribution in [-0.2, 0) is 11.3 Å². The number of para-hydroxylation sites is 3. The molecule has 0 bridgehead atoms. The summed E-state index contributed by atoms with van der Waals surface area (Å²) in [6.45, 7) is 0.405. The molecule has 3 aromatic rings. The number of carbonyl (C=O) groups is 1. The predicted octanol–water partition coefficient (Wildman–Crippen LogP) is 3.97. The van der Waals surface area contributed by atoms with Crippen LogP contribution >= 0.6 is 0 Å². The van der Waals surface area contributed by atoms with E-state index in [9.17, 15) is 14.9 Å². The van der Waals surface area contributed by atoms with Crippen molar-refractivity contribution in [3.8, 4) is 11.5 Å². The summed E-state index contributed by atoms with van der Waals surface area (Å²) < 4.78 is 10.8. The van der Waals surface area contributed by atoms with Gasteiger partial charge in [-0.05, 0) is 35.9 Å². The second-order valence-corrected chi connectivity index (χ2v) is 6.63. The second kappa shape index (κ2) is 8.52. The summed E-state index contributed by atoms with van der Waals surface area (Å²) in [6, 6.07) is 21.1. The normalized spacial score (nSPS) is 11.7. The van der Waals surface area contributed by atoms with Crippen LogP contribution < -0.4 is 19.7 Å². The molecule has 1 amide bonds. The Kier molecular flexibility index (Phi) is 5.47. The molecule has 3 aromatic carbocycles. The lowest BCUT2D eigenvalue weighted by Crippen LogP contribution is -2.35. The SMILES string of the molecule is O=C(CNc1ccccc1[N+](=O)[O-])N(Cc1ccc2c(c1)OCO2)c1ccccc1. The molecule has 8 nitrogen and oxygen atoms in total. The van der Waals surface area contributed by atoms with E-state index in [2.05, 4.69) is 5.32 Å². The minimum absolute atomic E-state index is 0.0765. The number of nitrogens with zero attached hydrogens (tertiary/aromatic N) is 2. The minimum atomic E-state index is -0.478. The average molecular weight is 405 g/mol. The van der Waals surface area contributed by atoms with Gasteiger partial charge in [-0.2, -0.15) is 0 Å². The monoisotopic (exact) mass is 405 g/mol. The highest BCUT2D eigenvalue weighted by molar-refractivity contribution is 5.96.